The number of rotatable bonds is 14. The van der Waals surface area contributed by atoms with Crippen molar-refractivity contribution < 1.29 is 24.2 Å². The van der Waals surface area contributed by atoms with E-state index in [0.29, 0.717) is 17.0 Å². The van der Waals surface area contributed by atoms with Crippen molar-refractivity contribution in [2.75, 3.05) is 13.7 Å². The second-order valence-corrected chi connectivity index (χ2v) is 14.3. The summed E-state index contributed by atoms with van der Waals surface area (Å²) in [6, 6.07) is 18.8. The number of thiophene rings is 1. The predicted molar refractivity (Wildman–Crippen MR) is 196 cm³/mol. The predicted octanol–water partition coefficient (Wildman–Crippen LogP) is 7.35. The molecule has 0 saturated carbocycles. The molecule has 0 aliphatic heterocycles. The van der Waals surface area contributed by atoms with Gasteiger partial charge in [0, 0.05) is 34.9 Å². The third-order valence-corrected chi connectivity index (χ3v) is 9.61. The molecular formula is C39H44N4O5S. The van der Waals surface area contributed by atoms with Gasteiger partial charge in [0.05, 0.1) is 12.0 Å². The van der Waals surface area contributed by atoms with Gasteiger partial charge in [-0.25, -0.2) is 9.97 Å². The molecule has 2 aromatic heterocycles. The van der Waals surface area contributed by atoms with Crippen LogP contribution in [0.3, 0.4) is 0 Å². The topological polar surface area (TPSA) is 131 Å². The number of para-hydroxylation sites is 1. The standard InChI is InChI=1S/C39H44N4O5S/c1-25(20-39(24-44,23-42-27(3)37(46)47)43-36(45)33-18-19-34(49-33)38(4,5)6)12-13-26(2)35-40-21-30(22-41-35)28-14-16-29(17-15-28)31-10-8-9-11-32(31)48-7/h8-19,21-22,24,27,42H,20,23H2,1-7H3,(H,43,45)(H,46,47)/b25-12+,26-13+/t27-,39-/m1/s1. The second-order valence-electron chi connectivity index (χ2n) is 13.2. The highest BCUT2D eigenvalue weighted by Gasteiger charge is 2.34. The van der Waals surface area contributed by atoms with E-state index in [1.807, 2.05) is 80.6 Å². The van der Waals surface area contributed by atoms with Gasteiger partial charge < -0.3 is 25.3 Å². The zero-order chi connectivity index (χ0) is 35.8. The maximum atomic E-state index is 13.4. The summed E-state index contributed by atoms with van der Waals surface area (Å²) in [6.07, 6.45) is 8.14. The maximum Gasteiger partial charge on any atom is 0.320 e. The molecule has 0 saturated heterocycles. The minimum atomic E-state index is -1.38. The molecule has 4 rings (SSSR count). The van der Waals surface area contributed by atoms with Crippen LogP contribution >= 0.6 is 11.3 Å². The lowest BCUT2D eigenvalue weighted by Gasteiger charge is -2.31. The monoisotopic (exact) mass is 680 g/mol. The number of aromatic nitrogens is 2. The molecule has 0 radical (unpaired) electrons. The minimum absolute atomic E-state index is 0.0640. The number of amides is 1. The lowest BCUT2D eigenvalue weighted by Crippen LogP contribution is -2.58. The summed E-state index contributed by atoms with van der Waals surface area (Å²) in [7, 11) is 1.66. The van der Waals surface area contributed by atoms with Crippen molar-refractivity contribution in [1.82, 2.24) is 20.6 Å². The second kappa shape index (κ2) is 16.0. The number of carbonyl (C=O) groups excluding carboxylic acids is 2. The number of carboxylic acid groups (broad SMARTS) is 1. The van der Waals surface area contributed by atoms with Gasteiger partial charge in [-0.05, 0) is 67.5 Å². The molecule has 2 atom stereocenters. The number of benzene rings is 2. The quantitative estimate of drug-likeness (QED) is 0.0931. The zero-order valence-corrected chi connectivity index (χ0v) is 29.9. The first-order chi connectivity index (χ1) is 23.2. The zero-order valence-electron chi connectivity index (χ0n) is 29.0. The average molecular weight is 681 g/mol. The summed E-state index contributed by atoms with van der Waals surface area (Å²) < 4.78 is 5.50. The summed E-state index contributed by atoms with van der Waals surface area (Å²) in [5.41, 5.74) is 4.03. The highest BCUT2D eigenvalue weighted by molar-refractivity contribution is 7.14. The fourth-order valence-electron chi connectivity index (χ4n) is 5.14. The number of nitrogens with one attached hydrogen (secondary N) is 2. The fraction of sp³-hybridized carbons (Fsp3) is 0.308. The summed E-state index contributed by atoms with van der Waals surface area (Å²) in [4.78, 5) is 48.2. The van der Waals surface area contributed by atoms with Crippen molar-refractivity contribution in [3.63, 3.8) is 0 Å². The molecule has 0 fully saturated rings. The molecular weight excluding hydrogens is 637 g/mol. The van der Waals surface area contributed by atoms with Crippen LogP contribution in [-0.4, -0.2) is 58.5 Å². The molecule has 10 heteroatoms. The Hall–Kier alpha value is -4.93. The molecule has 1 amide bonds. The van der Waals surface area contributed by atoms with Crippen LogP contribution < -0.4 is 15.4 Å². The van der Waals surface area contributed by atoms with Gasteiger partial charge in [-0.15, -0.1) is 11.3 Å². The number of methoxy groups -OCH3 is 1. The van der Waals surface area contributed by atoms with Gasteiger partial charge in [0.2, 0.25) is 0 Å². The van der Waals surface area contributed by atoms with E-state index in [1.165, 1.54) is 18.3 Å². The first-order valence-electron chi connectivity index (χ1n) is 16.0. The third kappa shape index (κ3) is 9.58. The molecule has 0 unspecified atom stereocenters. The van der Waals surface area contributed by atoms with Gasteiger partial charge >= 0.3 is 5.97 Å². The van der Waals surface area contributed by atoms with Crippen LogP contribution in [-0.2, 0) is 15.0 Å². The number of aliphatic carboxylic acids is 1. The summed E-state index contributed by atoms with van der Waals surface area (Å²) in [5, 5.41) is 15.2. The Morgan fingerprint density at radius 3 is 2.18 bits per heavy atom. The van der Waals surface area contributed by atoms with Crippen LogP contribution in [0.5, 0.6) is 5.75 Å². The van der Waals surface area contributed by atoms with Crippen molar-refractivity contribution in [2.45, 2.75) is 65.0 Å². The van der Waals surface area contributed by atoms with E-state index in [-0.39, 0.29) is 24.3 Å². The number of allylic oxidation sites excluding steroid dienone is 3. The largest absolute Gasteiger partial charge is 0.496 e. The van der Waals surface area contributed by atoms with Gasteiger partial charge in [-0.3, -0.25) is 9.59 Å². The van der Waals surface area contributed by atoms with Crippen LogP contribution in [0.4, 0.5) is 0 Å². The summed E-state index contributed by atoms with van der Waals surface area (Å²) in [5.74, 6) is -0.0768. The van der Waals surface area contributed by atoms with Crippen LogP contribution in [0, 0.1) is 0 Å². The Labute approximate surface area is 292 Å². The molecule has 3 N–H and O–H groups in total. The third-order valence-electron chi connectivity index (χ3n) is 8.10. The molecule has 49 heavy (non-hydrogen) atoms. The van der Waals surface area contributed by atoms with Crippen molar-refractivity contribution in [3.05, 3.63) is 106 Å². The van der Waals surface area contributed by atoms with E-state index >= 15 is 0 Å². The highest BCUT2D eigenvalue weighted by atomic mass is 32.1. The van der Waals surface area contributed by atoms with Crippen LogP contribution in [0.2, 0.25) is 0 Å². The Kier molecular flexibility index (Phi) is 12.0. The van der Waals surface area contributed by atoms with Crippen LogP contribution in [0.1, 0.15) is 68.3 Å². The number of hydrogen-bond donors (Lipinski definition) is 3. The molecule has 0 aliphatic rings. The van der Waals surface area contributed by atoms with Gasteiger partial charge in [0.25, 0.3) is 5.91 Å². The van der Waals surface area contributed by atoms with E-state index in [1.54, 1.807) is 25.6 Å². The number of ether oxygens (including phenoxy) is 1. The lowest BCUT2D eigenvalue weighted by molar-refractivity contribution is -0.139. The molecule has 4 aromatic rings. The van der Waals surface area contributed by atoms with E-state index in [9.17, 15) is 19.5 Å². The van der Waals surface area contributed by atoms with Crippen LogP contribution in [0.15, 0.2) is 90.8 Å². The van der Waals surface area contributed by atoms with Crippen molar-refractivity contribution in [3.8, 4) is 28.0 Å². The maximum absolute atomic E-state index is 13.4. The normalized spacial score (nSPS) is 14.1. The number of aldehydes is 1. The number of carbonyl (C=O) groups is 3. The Bertz CT molecular complexity index is 1840. The highest BCUT2D eigenvalue weighted by Crippen LogP contribution is 2.32. The van der Waals surface area contributed by atoms with Gasteiger partial charge in [0.15, 0.2) is 5.82 Å². The number of hydrogen-bond acceptors (Lipinski definition) is 8. The van der Waals surface area contributed by atoms with Crippen molar-refractivity contribution in [1.29, 1.82) is 0 Å². The van der Waals surface area contributed by atoms with Crippen molar-refractivity contribution in [2.24, 2.45) is 0 Å². The van der Waals surface area contributed by atoms with Gasteiger partial charge in [0.1, 0.15) is 23.6 Å². The van der Waals surface area contributed by atoms with E-state index in [0.717, 1.165) is 44.0 Å². The number of carboxylic acids is 1. The summed E-state index contributed by atoms with van der Waals surface area (Å²) in [6.45, 7) is 11.4. The smallest absolute Gasteiger partial charge is 0.320 e. The summed E-state index contributed by atoms with van der Waals surface area (Å²) >= 11 is 1.37. The van der Waals surface area contributed by atoms with Crippen molar-refractivity contribution >= 4 is 35.1 Å². The number of nitrogens with zero attached hydrogens (tertiary/aromatic N) is 2. The minimum Gasteiger partial charge on any atom is -0.496 e. The van der Waals surface area contributed by atoms with Gasteiger partial charge in [-0.1, -0.05) is 81.0 Å². The molecule has 9 nitrogen and oxygen atoms in total. The lowest BCUT2D eigenvalue weighted by atomic mass is 9.91. The average Bonchev–Trinajstić information content (AvgIpc) is 3.61. The van der Waals surface area contributed by atoms with Crippen LogP contribution in [0.25, 0.3) is 27.8 Å². The SMILES string of the molecule is COc1ccccc1-c1ccc(-c2cnc(/C(C)=C/C=C(\C)C[C@](C=O)(CN[C@H](C)C(=O)O)NC(=O)c3ccc(C(C)(C)C)s3)nc2)cc1. The van der Waals surface area contributed by atoms with E-state index < -0.39 is 17.6 Å². The van der Waals surface area contributed by atoms with Gasteiger partial charge in [-0.2, -0.15) is 0 Å². The molecule has 0 spiro atoms. The Morgan fingerprint density at radius 2 is 1.59 bits per heavy atom. The molecule has 256 valence electrons. The first kappa shape index (κ1) is 36.9. The first-order valence-corrected chi connectivity index (χ1v) is 16.8. The van der Waals surface area contributed by atoms with E-state index in [2.05, 4.69) is 41.4 Å². The molecule has 0 aliphatic carbocycles. The molecule has 2 aromatic carbocycles. The Morgan fingerprint density at radius 1 is 0.939 bits per heavy atom. The molecule has 2 heterocycles. The fourth-order valence-corrected chi connectivity index (χ4v) is 6.10. The van der Waals surface area contributed by atoms with E-state index in [4.69, 9.17) is 4.74 Å². The molecule has 0 bridgehead atoms. The Balaban J connectivity index is 1.50.